The van der Waals surface area contributed by atoms with Crippen molar-refractivity contribution < 1.29 is 14.3 Å². The van der Waals surface area contributed by atoms with Crippen LogP contribution in [0.3, 0.4) is 0 Å². The number of hydrogen-bond acceptors (Lipinski definition) is 4. The van der Waals surface area contributed by atoms with E-state index in [2.05, 4.69) is 17.9 Å². The summed E-state index contributed by atoms with van der Waals surface area (Å²) in [4.78, 5) is 11.3. The van der Waals surface area contributed by atoms with Crippen molar-refractivity contribution in [2.45, 2.75) is 13.5 Å². The Morgan fingerprint density at radius 3 is 2.65 bits per heavy atom. The van der Waals surface area contributed by atoms with Crippen molar-refractivity contribution in [3.8, 4) is 23.7 Å². The molecule has 2 aromatic rings. The summed E-state index contributed by atoms with van der Waals surface area (Å²) in [6, 6.07) is 16.7. The number of carbonyl (C=O) groups is 1. The van der Waals surface area contributed by atoms with Crippen LogP contribution in [0.1, 0.15) is 23.6 Å². The average molecular weight is 305 g/mol. The highest BCUT2D eigenvalue weighted by molar-refractivity contribution is 5.89. The smallest absolute Gasteiger partial charge is 0.384 e. The average Bonchev–Trinajstić information content (AvgIpc) is 2.59. The van der Waals surface area contributed by atoms with Crippen molar-refractivity contribution in [3.63, 3.8) is 0 Å². The fourth-order valence-electron chi connectivity index (χ4n) is 1.84. The molecule has 0 heterocycles. The van der Waals surface area contributed by atoms with Gasteiger partial charge >= 0.3 is 5.97 Å². The zero-order valence-electron chi connectivity index (χ0n) is 12.7. The number of nitriles is 1. The lowest BCUT2D eigenvalue weighted by Crippen LogP contribution is -2.00. The van der Waals surface area contributed by atoms with Gasteiger partial charge in [-0.3, -0.25) is 0 Å². The molecule has 0 saturated carbocycles. The number of hydrogen-bond donors (Lipinski definition) is 0. The number of benzene rings is 2. The highest BCUT2D eigenvalue weighted by Gasteiger charge is 2.05. The van der Waals surface area contributed by atoms with Crippen LogP contribution in [0, 0.1) is 23.2 Å². The largest absolute Gasteiger partial charge is 0.487 e. The fraction of sp³-hybridized carbons (Fsp3) is 0.158. The van der Waals surface area contributed by atoms with Crippen LogP contribution in [-0.4, -0.2) is 12.6 Å². The normalized spacial score (nSPS) is 9.22. The molecule has 2 rings (SSSR count). The highest BCUT2D eigenvalue weighted by atomic mass is 16.5. The molecule has 0 N–H and O–H groups in total. The molecule has 0 bridgehead atoms. The van der Waals surface area contributed by atoms with Crippen molar-refractivity contribution in [1.82, 2.24) is 0 Å². The molecule has 4 heteroatoms. The van der Waals surface area contributed by atoms with Gasteiger partial charge in [-0.1, -0.05) is 36.3 Å². The number of carbonyl (C=O) groups excluding carboxylic acids is 1. The summed E-state index contributed by atoms with van der Waals surface area (Å²) >= 11 is 0. The highest BCUT2D eigenvalue weighted by Crippen LogP contribution is 2.20. The second kappa shape index (κ2) is 8.26. The summed E-state index contributed by atoms with van der Waals surface area (Å²) in [6.07, 6.45) is 0. The summed E-state index contributed by atoms with van der Waals surface area (Å²) in [6.45, 7) is 2.35. The van der Waals surface area contributed by atoms with Crippen molar-refractivity contribution in [1.29, 1.82) is 5.26 Å². The topological polar surface area (TPSA) is 59.3 Å². The van der Waals surface area contributed by atoms with Gasteiger partial charge in [0.25, 0.3) is 0 Å². The Morgan fingerprint density at radius 2 is 1.96 bits per heavy atom. The second-order valence-electron chi connectivity index (χ2n) is 4.57. The van der Waals surface area contributed by atoms with Crippen LogP contribution in [0.25, 0.3) is 0 Å². The molecule has 0 radical (unpaired) electrons. The van der Waals surface area contributed by atoms with Gasteiger partial charge in [0.1, 0.15) is 18.4 Å². The molecule has 23 heavy (non-hydrogen) atoms. The van der Waals surface area contributed by atoms with Crippen molar-refractivity contribution in [2.24, 2.45) is 0 Å². The summed E-state index contributed by atoms with van der Waals surface area (Å²) in [5, 5.41) is 9.15. The third-order valence-corrected chi connectivity index (χ3v) is 2.92. The Bertz CT molecular complexity index is 780. The van der Waals surface area contributed by atoms with E-state index in [0.29, 0.717) is 23.5 Å². The fourth-order valence-corrected chi connectivity index (χ4v) is 1.84. The molecule has 0 amide bonds. The molecule has 0 unspecified atom stereocenters. The first kappa shape index (κ1) is 16.1. The molecule has 4 nitrogen and oxygen atoms in total. The number of nitrogens with zero attached hydrogens (tertiary/aromatic N) is 1. The van der Waals surface area contributed by atoms with Gasteiger partial charge in [-0.25, -0.2) is 4.79 Å². The van der Waals surface area contributed by atoms with E-state index in [0.717, 1.165) is 5.56 Å². The van der Waals surface area contributed by atoms with E-state index < -0.39 is 5.97 Å². The van der Waals surface area contributed by atoms with E-state index in [-0.39, 0.29) is 6.61 Å². The van der Waals surface area contributed by atoms with Crippen molar-refractivity contribution >= 4 is 5.97 Å². The molecule has 0 aromatic heterocycles. The lowest BCUT2D eigenvalue weighted by atomic mass is 10.1. The number of ether oxygens (including phenoxy) is 2. The second-order valence-corrected chi connectivity index (χ2v) is 4.57. The molecule has 114 valence electrons. The Labute approximate surface area is 135 Å². The van der Waals surface area contributed by atoms with Crippen LogP contribution in [0.5, 0.6) is 5.75 Å². The van der Waals surface area contributed by atoms with Crippen molar-refractivity contribution in [3.05, 3.63) is 65.2 Å². The summed E-state index contributed by atoms with van der Waals surface area (Å²) in [5.41, 5.74) is 2.00. The quantitative estimate of drug-likeness (QED) is 0.643. The number of esters is 1. The monoisotopic (exact) mass is 305 g/mol. The van der Waals surface area contributed by atoms with E-state index in [1.165, 1.54) is 0 Å². The van der Waals surface area contributed by atoms with E-state index in [1.807, 2.05) is 30.3 Å². The Kier molecular flexibility index (Phi) is 5.80. The molecule has 2 aromatic carbocycles. The lowest BCUT2D eigenvalue weighted by Gasteiger charge is -2.08. The SMILES string of the molecule is CCOC(=O)C#Cc1ccc(C#N)c(OCc2ccccc2)c1. The van der Waals surface area contributed by atoms with Gasteiger partial charge in [-0.2, -0.15) is 5.26 Å². The third kappa shape index (κ3) is 4.91. The molecule has 0 aliphatic carbocycles. The van der Waals surface area contributed by atoms with Gasteiger partial charge in [0.15, 0.2) is 0 Å². The van der Waals surface area contributed by atoms with Gasteiger partial charge in [-0.05, 0) is 30.7 Å². The van der Waals surface area contributed by atoms with Crippen LogP contribution in [0.15, 0.2) is 48.5 Å². The minimum absolute atomic E-state index is 0.284. The minimum atomic E-state index is -0.580. The van der Waals surface area contributed by atoms with Crippen LogP contribution in [0.2, 0.25) is 0 Å². The first-order valence-electron chi connectivity index (χ1n) is 7.12. The van der Waals surface area contributed by atoms with E-state index in [4.69, 9.17) is 14.7 Å². The summed E-state index contributed by atoms with van der Waals surface area (Å²) in [5.74, 6) is 4.95. The zero-order valence-corrected chi connectivity index (χ0v) is 12.7. The van der Waals surface area contributed by atoms with E-state index in [1.54, 1.807) is 25.1 Å². The summed E-state index contributed by atoms with van der Waals surface area (Å²) in [7, 11) is 0. The summed E-state index contributed by atoms with van der Waals surface area (Å²) < 4.78 is 10.5. The molecule has 0 saturated heterocycles. The number of rotatable bonds is 4. The molecule has 0 fully saturated rings. The van der Waals surface area contributed by atoms with Crippen LogP contribution >= 0.6 is 0 Å². The third-order valence-electron chi connectivity index (χ3n) is 2.92. The van der Waals surface area contributed by atoms with Crippen LogP contribution < -0.4 is 4.74 Å². The standard InChI is InChI=1S/C19H15NO3/c1-2-22-19(21)11-9-15-8-10-17(13-20)18(12-15)23-14-16-6-4-3-5-7-16/h3-8,10,12H,2,14H2,1H3. The molecule has 0 aliphatic heterocycles. The van der Waals surface area contributed by atoms with E-state index in [9.17, 15) is 4.79 Å². The zero-order chi connectivity index (χ0) is 16.5. The molecule has 0 spiro atoms. The maximum Gasteiger partial charge on any atom is 0.384 e. The molecular formula is C19H15NO3. The predicted octanol–water partition coefficient (Wildman–Crippen LogP) is 3.05. The minimum Gasteiger partial charge on any atom is -0.487 e. The Morgan fingerprint density at radius 1 is 1.17 bits per heavy atom. The predicted molar refractivity (Wildman–Crippen MR) is 85.4 cm³/mol. The first-order valence-corrected chi connectivity index (χ1v) is 7.12. The van der Waals surface area contributed by atoms with Gasteiger partial charge in [0.05, 0.1) is 12.2 Å². The molecule has 0 aliphatic rings. The molecule has 0 atom stereocenters. The van der Waals surface area contributed by atoms with Crippen LogP contribution in [0.4, 0.5) is 0 Å². The van der Waals surface area contributed by atoms with Gasteiger partial charge in [0, 0.05) is 11.5 Å². The van der Waals surface area contributed by atoms with Gasteiger partial charge in [0.2, 0.25) is 0 Å². The first-order chi connectivity index (χ1) is 11.2. The van der Waals surface area contributed by atoms with Gasteiger partial charge < -0.3 is 9.47 Å². The van der Waals surface area contributed by atoms with Gasteiger partial charge in [-0.15, -0.1) is 0 Å². The molecular weight excluding hydrogens is 290 g/mol. The lowest BCUT2D eigenvalue weighted by molar-refractivity contribution is -0.136. The maximum atomic E-state index is 11.3. The van der Waals surface area contributed by atoms with E-state index >= 15 is 0 Å². The maximum absolute atomic E-state index is 11.3. The Balaban J connectivity index is 2.16. The van der Waals surface area contributed by atoms with Crippen molar-refractivity contribution in [2.75, 3.05) is 6.61 Å². The Hall–Kier alpha value is -3.24. The van der Waals surface area contributed by atoms with Crippen LogP contribution in [-0.2, 0) is 16.1 Å².